The molecule has 124 valence electrons. The molecule has 0 unspecified atom stereocenters. The first-order chi connectivity index (χ1) is 12.4. The maximum Gasteiger partial charge on any atom is 0.154 e. The molecule has 0 spiro atoms. The van der Waals surface area contributed by atoms with Gasteiger partial charge in [0.05, 0.1) is 0 Å². The zero-order valence-electron chi connectivity index (χ0n) is 14.5. The van der Waals surface area contributed by atoms with E-state index >= 15 is 0 Å². The third-order valence-corrected chi connectivity index (χ3v) is 10.8. The normalized spacial score (nSPS) is 17.4. The average Bonchev–Trinajstić information content (AvgIpc) is 2.72. The van der Waals surface area contributed by atoms with Gasteiger partial charge >= 0.3 is 0 Å². The Morgan fingerprint density at radius 2 is 1.04 bits per heavy atom. The van der Waals surface area contributed by atoms with Gasteiger partial charge in [0, 0.05) is 0 Å². The number of hydrogen-bond acceptors (Lipinski definition) is 0. The molecule has 3 aromatic carbocycles. The van der Waals surface area contributed by atoms with E-state index in [1.807, 2.05) is 0 Å². The van der Waals surface area contributed by atoms with E-state index in [0.717, 1.165) is 0 Å². The summed E-state index contributed by atoms with van der Waals surface area (Å²) in [6.07, 6.45) is 8.72. The predicted molar refractivity (Wildman–Crippen MR) is 111 cm³/mol. The van der Waals surface area contributed by atoms with E-state index < -0.39 is 8.07 Å². The summed E-state index contributed by atoms with van der Waals surface area (Å²) in [5.41, 5.74) is 0.605. The van der Waals surface area contributed by atoms with Gasteiger partial charge < -0.3 is 0 Å². The van der Waals surface area contributed by atoms with E-state index in [4.69, 9.17) is 0 Å². The Bertz CT molecular complexity index is 725. The zero-order chi connectivity index (χ0) is 17.0. The van der Waals surface area contributed by atoms with Crippen molar-refractivity contribution >= 4 is 23.6 Å². The SMILES string of the molecule is C1=C[C@@H]([Si](c2ccccc2)(c2ccccc2)c2ccccc2)CCC1. The van der Waals surface area contributed by atoms with Crippen molar-refractivity contribution in [3.05, 3.63) is 103 Å². The molecule has 1 aliphatic rings. The first-order valence-electron chi connectivity index (χ1n) is 9.25. The highest BCUT2D eigenvalue weighted by Crippen LogP contribution is 2.32. The van der Waals surface area contributed by atoms with Gasteiger partial charge in [-0.15, -0.1) is 0 Å². The quantitative estimate of drug-likeness (QED) is 0.378. The Labute approximate surface area is 151 Å². The molecule has 1 heteroatoms. The van der Waals surface area contributed by atoms with Crippen molar-refractivity contribution in [3.8, 4) is 0 Å². The summed E-state index contributed by atoms with van der Waals surface area (Å²) in [7, 11) is -2.11. The van der Waals surface area contributed by atoms with E-state index in [1.54, 1.807) is 0 Å². The lowest BCUT2D eigenvalue weighted by molar-refractivity contribution is 0.719. The Kier molecular flexibility index (Phi) is 4.67. The van der Waals surface area contributed by atoms with Crippen LogP contribution in [-0.4, -0.2) is 8.07 Å². The standard InChI is InChI=1S/C24H24Si/c1-5-13-21(14-6-1)25(22-15-7-2-8-16-22,23-17-9-3-10-18-23)24-19-11-4-12-20-24/h1-3,5-11,13-19,24H,4,12,20H2/t24-/m1/s1. The zero-order valence-corrected chi connectivity index (χ0v) is 15.5. The highest BCUT2D eigenvalue weighted by atomic mass is 28.3. The summed E-state index contributed by atoms with van der Waals surface area (Å²) in [6.45, 7) is 0. The topological polar surface area (TPSA) is 0 Å². The summed E-state index contributed by atoms with van der Waals surface area (Å²) < 4.78 is 0. The molecule has 0 nitrogen and oxygen atoms in total. The second-order valence-electron chi connectivity index (χ2n) is 6.87. The Morgan fingerprint density at radius 3 is 1.40 bits per heavy atom. The third kappa shape index (κ3) is 2.89. The van der Waals surface area contributed by atoms with Crippen molar-refractivity contribution < 1.29 is 0 Å². The van der Waals surface area contributed by atoms with Gasteiger partial charge in [0.1, 0.15) is 0 Å². The molecule has 1 aliphatic carbocycles. The number of benzene rings is 3. The molecule has 0 N–H and O–H groups in total. The fraction of sp³-hybridized carbons (Fsp3) is 0.167. The molecule has 0 aliphatic heterocycles. The highest BCUT2D eigenvalue weighted by Gasteiger charge is 2.45. The van der Waals surface area contributed by atoms with E-state index in [1.165, 1.54) is 34.8 Å². The predicted octanol–water partition coefficient (Wildman–Crippen LogP) is 4.27. The lowest BCUT2D eigenvalue weighted by Gasteiger charge is -2.40. The van der Waals surface area contributed by atoms with Crippen LogP contribution in [0.2, 0.25) is 5.54 Å². The first-order valence-corrected chi connectivity index (χ1v) is 11.3. The van der Waals surface area contributed by atoms with Crippen molar-refractivity contribution in [3.63, 3.8) is 0 Å². The molecule has 4 rings (SSSR count). The minimum Gasteiger partial charge on any atom is -0.0885 e. The van der Waals surface area contributed by atoms with Crippen LogP contribution in [0.15, 0.2) is 103 Å². The molecule has 0 radical (unpaired) electrons. The van der Waals surface area contributed by atoms with Crippen LogP contribution < -0.4 is 15.6 Å². The number of hydrogen-bond donors (Lipinski definition) is 0. The largest absolute Gasteiger partial charge is 0.154 e. The van der Waals surface area contributed by atoms with Gasteiger partial charge in [-0.1, -0.05) is 103 Å². The molecule has 0 saturated heterocycles. The van der Waals surface area contributed by atoms with Gasteiger partial charge in [0.25, 0.3) is 0 Å². The minimum atomic E-state index is -2.11. The summed E-state index contributed by atoms with van der Waals surface area (Å²) in [4.78, 5) is 0. The molecule has 25 heavy (non-hydrogen) atoms. The van der Waals surface area contributed by atoms with Crippen molar-refractivity contribution in [2.45, 2.75) is 24.8 Å². The van der Waals surface area contributed by atoms with Gasteiger partial charge in [-0.2, -0.15) is 0 Å². The van der Waals surface area contributed by atoms with Crippen LogP contribution in [-0.2, 0) is 0 Å². The second kappa shape index (κ2) is 7.24. The monoisotopic (exact) mass is 340 g/mol. The van der Waals surface area contributed by atoms with E-state index in [0.29, 0.717) is 5.54 Å². The van der Waals surface area contributed by atoms with E-state index in [-0.39, 0.29) is 0 Å². The van der Waals surface area contributed by atoms with Gasteiger partial charge in [0.2, 0.25) is 0 Å². The van der Waals surface area contributed by atoms with Crippen LogP contribution in [0.5, 0.6) is 0 Å². The fourth-order valence-electron chi connectivity index (χ4n) is 4.42. The Balaban J connectivity index is 2.04. The summed E-state index contributed by atoms with van der Waals surface area (Å²) >= 11 is 0. The first kappa shape index (κ1) is 16.1. The molecule has 3 aromatic rings. The van der Waals surface area contributed by atoms with Crippen molar-refractivity contribution in [2.75, 3.05) is 0 Å². The fourth-order valence-corrected chi connectivity index (χ4v) is 9.92. The number of rotatable bonds is 4. The Hall–Kier alpha value is -2.38. The van der Waals surface area contributed by atoms with Crippen LogP contribution in [0.3, 0.4) is 0 Å². The van der Waals surface area contributed by atoms with Crippen LogP contribution in [0, 0.1) is 0 Å². The molecule has 0 aromatic heterocycles. The molecule has 1 atom stereocenters. The van der Waals surface area contributed by atoms with E-state index in [2.05, 4.69) is 103 Å². The maximum atomic E-state index is 2.52. The minimum absolute atomic E-state index is 0.605. The summed E-state index contributed by atoms with van der Waals surface area (Å²) in [6, 6.07) is 33.8. The smallest absolute Gasteiger partial charge is 0.0885 e. The van der Waals surface area contributed by atoms with Gasteiger partial charge in [-0.3, -0.25) is 0 Å². The summed E-state index contributed by atoms with van der Waals surface area (Å²) in [5.74, 6) is 0. The van der Waals surface area contributed by atoms with Gasteiger partial charge in [0.15, 0.2) is 8.07 Å². The summed E-state index contributed by atoms with van der Waals surface area (Å²) in [5, 5.41) is 4.55. The van der Waals surface area contributed by atoms with E-state index in [9.17, 15) is 0 Å². The van der Waals surface area contributed by atoms with Crippen molar-refractivity contribution in [1.29, 1.82) is 0 Å². The van der Waals surface area contributed by atoms with Crippen LogP contribution in [0.25, 0.3) is 0 Å². The number of allylic oxidation sites excluding steroid dienone is 2. The molecular weight excluding hydrogens is 316 g/mol. The molecular formula is C24H24Si. The third-order valence-electron chi connectivity index (χ3n) is 5.50. The molecule has 0 heterocycles. The van der Waals surface area contributed by atoms with Crippen molar-refractivity contribution in [2.24, 2.45) is 0 Å². The van der Waals surface area contributed by atoms with Crippen LogP contribution in [0.1, 0.15) is 19.3 Å². The van der Waals surface area contributed by atoms with Gasteiger partial charge in [-0.25, -0.2) is 0 Å². The Morgan fingerprint density at radius 1 is 0.600 bits per heavy atom. The lowest BCUT2D eigenvalue weighted by atomic mass is 10.1. The van der Waals surface area contributed by atoms with Gasteiger partial charge in [-0.05, 0) is 40.4 Å². The lowest BCUT2D eigenvalue weighted by Crippen LogP contribution is -2.69. The molecule has 0 saturated carbocycles. The molecule has 0 amide bonds. The van der Waals surface area contributed by atoms with Crippen LogP contribution >= 0.6 is 0 Å². The maximum absolute atomic E-state index is 2.52. The van der Waals surface area contributed by atoms with Crippen LogP contribution in [0.4, 0.5) is 0 Å². The highest BCUT2D eigenvalue weighted by molar-refractivity contribution is 7.12. The second-order valence-corrected chi connectivity index (χ2v) is 11.0. The average molecular weight is 341 g/mol. The molecule has 0 fully saturated rings. The molecule has 0 bridgehead atoms. The van der Waals surface area contributed by atoms with Crippen molar-refractivity contribution in [1.82, 2.24) is 0 Å².